The fourth-order valence-electron chi connectivity index (χ4n) is 3.78. The monoisotopic (exact) mass is 364 g/mol. The molecule has 1 atom stereocenters. The van der Waals surface area contributed by atoms with Crippen molar-refractivity contribution >= 4 is 5.91 Å². The van der Waals surface area contributed by atoms with Gasteiger partial charge < -0.3 is 5.32 Å². The second-order valence-corrected chi connectivity index (χ2v) is 7.73. The highest BCUT2D eigenvalue weighted by Gasteiger charge is 2.15. The molecule has 0 aliphatic carbocycles. The van der Waals surface area contributed by atoms with Gasteiger partial charge in [0.1, 0.15) is 0 Å². The summed E-state index contributed by atoms with van der Waals surface area (Å²) in [6.07, 6.45) is 6.20. The Morgan fingerprint density at radius 2 is 1.59 bits per heavy atom. The Balaban J connectivity index is 1.60. The predicted molar refractivity (Wildman–Crippen MR) is 112 cm³/mol. The summed E-state index contributed by atoms with van der Waals surface area (Å²) >= 11 is 0. The zero-order chi connectivity index (χ0) is 19.1. The Labute approximate surface area is 163 Å². The zero-order valence-electron chi connectivity index (χ0n) is 16.7. The first kappa shape index (κ1) is 19.6. The summed E-state index contributed by atoms with van der Waals surface area (Å²) in [6.45, 7) is 7.56. The largest absolute Gasteiger partial charge is 0.345 e. The van der Waals surface area contributed by atoms with Crippen molar-refractivity contribution in [2.24, 2.45) is 0 Å². The highest BCUT2D eigenvalue weighted by molar-refractivity contribution is 5.94. The van der Waals surface area contributed by atoms with Crippen LogP contribution >= 0.6 is 0 Å². The standard InChI is InChI=1S/C24H32N2O/c1-3-23(21-12-8-19(2)9-13-21)25-24(27)22-14-10-20(11-15-22)18-26-16-6-4-5-7-17-26/h8-15,23H,3-7,16-18H2,1-2H3,(H,25,27). The number of carbonyl (C=O) groups excluding carboxylic acids is 1. The van der Waals surface area contributed by atoms with Crippen LogP contribution in [0.1, 0.15) is 72.1 Å². The molecule has 1 N–H and O–H groups in total. The van der Waals surface area contributed by atoms with Crippen molar-refractivity contribution < 1.29 is 4.79 Å². The molecule has 1 aliphatic heterocycles. The molecule has 0 radical (unpaired) electrons. The van der Waals surface area contributed by atoms with Crippen LogP contribution in [0.5, 0.6) is 0 Å². The van der Waals surface area contributed by atoms with Gasteiger partial charge in [-0.25, -0.2) is 0 Å². The van der Waals surface area contributed by atoms with Crippen LogP contribution in [0.2, 0.25) is 0 Å². The van der Waals surface area contributed by atoms with Crippen LogP contribution in [-0.4, -0.2) is 23.9 Å². The molecule has 0 bridgehead atoms. The third kappa shape index (κ3) is 5.67. The van der Waals surface area contributed by atoms with E-state index in [-0.39, 0.29) is 11.9 Å². The second-order valence-electron chi connectivity index (χ2n) is 7.73. The zero-order valence-corrected chi connectivity index (χ0v) is 16.7. The molecular weight excluding hydrogens is 332 g/mol. The van der Waals surface area contributed by atoms with E-state index >= 15 is 0 Å². The van der Waals surface area contributed by atoms with Crippen molar-refractivity contribution in [1.29, 1.82) is 0 Å². The summed E-state index contributed by atoms with van der Waals surface area (Å²) in [6, 6.07) is 16.6. The highest BCUT2D eigenvalue weighted by atomic mass is 16.1. The SMILES string of the molecule is CCC(NC(=O)c1ccc(CN2CCCCCC2)cc1)c1ccc(C)cc1. The number of nitrogens with zero attached hydrogens (tertiary/aromatic N) is 1. The Kier molecular flexibility index (Phi) is 7.05. The first-order valence-corrected chi connectivity index (χ1v) is 10.3. The predicted octanol–water partition coefficient (Wildman–Crippen LogP) is 5.25. The van der Waals surface area contributed by atoms with Crippen LogP contribution in [0, 0.1) is 6.92 Å². The molecule has 1 saturated heterocycles. The number of carbonyl (C=O) groups is 1. The molecule has 0 saturated carbocycles. The minimum absolute atomic E-state index is 0.00347. The maximum absolute atomic E-state index is 12.7. The number of hydrogen-bond donors (Lipinski definition) is 1. The lowest BCUT2D eigenvalue weighted by Gasteiger charge is -2.20. The normalized spacial score (nSPS) is 16.5. The molecule has 1 unspecified atom stereocenters. The highest BCUT2D eigenvalue weighted by Crippen LogP contribution is 2.19. The van der Waals surface area contributed by atoms with Gasteiger partial charge in [-0.3, -0.25) is 9.69 Å². The van der Waals surface area contributed by atoms with Crippen LogP contribution < -0.4 is 5.32 Å². The average Bonchev–Trinajstić information content (AvgIpc) is 2.96. The summed E-state index contributed by atoms with van der Waals surface area (Å²) in [7, 11) is 0. The minimum atomic E-state index is 0.00347. The lowest BCUT2D eigenvalue weighted by molar-refractivity contribution is 0.0935. The minimum Gasteiger partial charge on any atom is -0.345 e. The third-order valence-corrected chi connectivity index (χ3v) is 5.51. The van der Waals surface area contributed by atoms with E-state index in [1.54, 1.807) is 0 Å². The van der Waals surface area contributed by atoms with Crippen molar-refractivity contribution in [3.8, 4) is 0 Å². The van der Waals surface area contributed by atoms with E-state index in [9.17, 15) is 4.79 Å². The fourth-order valence-corrected chi connectivity index (χ4v) is 3.78. The Morgan fingerprint density at radius 1 is 0.963 bits per heavy atom. The molecule has 144 valence electrons. The quantitative estimate of drug-likeness (QED) is 0.759. The number of aryl methyl sites for hydroxylation is 1. The van der Waals surface area contributed by atoms with E-state index in [1.165, 1.54) is 49.9 Å². The summed E-state index contributed by atoms with van der Waals surface area (Å²) in [5, 5.41) is 3.18. The average molecular weight is 365 g/mol. The molecule has 3 rings (SSSR count). The van der Waals surface area contributed by atoms with E-state index in [0.29, 0.717) is 0 Å². The lowest BCUT2D eigenvalue weighted by atomic mass is 10.0. The molecule has 2 aromatic carbocycles. The van der Waals surface area contributed by atoms with Crippen molar-refractivity contribution in [3.05, 3.63) is 70.8 Å². The number of hydrogen-bond acceptors (Lipinski definition) is 2. The van der Waals surface area contributed by atoms with E-state index in [0.717, 1.165) is 24.1 Å². The molecule has 27 heavy (non-hydrogen) atoms. The van der Waals surface area contributed by atoms with Crippen LogP contribution in [0.4, 0.5) is 0 Å². The molecule has 1 amide bonds. The first-order valence-electron chi connectivity index (χ1n) is 10.3. The van der Waals surface area contributed by atoms with E-state index in [1.807, 2.05) is 12.1 Å². The second kappa shape index (κ2) is 9.70. The van der Waals surface area contributed by atoms with E-state index in [4.69, 9.17) is 0 Å². The number of benzene rings is 2. The number of likely N-dealkylation sites (tertiary alicyclic amines) is 1. The fraction of sp³-hybridized carbons (Fsp3) is 0.458. The van der Waals surface area contributed by atoms with Crippen molar-refractivity contribution in [2.75, 3.05) is 13.1 Å². The molecule has 2 aromatic rings. The van der Waals surface area contributed by atoms with Crippen LogP contribution in [0.3, 0.4) is 0 Å². The lowest BCUT2D eigenvalue weighted by Crippen LogP contribution is -2.28. The summed E-state index contributed by atoms with van der Waals surface area (Å²) in [4.78, 5) is 15.2. The van der Waals surface area contributed by atoms with Gasteiger partial charge in [0, 0.05) is 12.1 Å². The molecular formula is C24H32N2O. The molecule has 1 fully saturated rings. The first-order chi connectivity index (χ1) is 13.2. The molecule has 0 spiro atoms. The van der Waals surface area contributed by atoms with Gasteiger partial charge in [-0.15, -0.1) is 0 Å². The van der Waals surface area contributed by atoms with Crippen molar-refractivity contribution in [1.82, 2.24) is 10.2 Å². The van der Waals surface area contributed by atoms with Gasteiger partial charge in [0.05, 0.1) is 6.04 Å². The number of nitrogens with one attached hydrogen (secondary N) is 1. The van der Waals surface area contributed by atoms with Crippen LogP contribution in [-0.2, 0) is 6.54 Å². The van der Waals surface area contributed by atoms with Crippen LogP contribution in [0.15, 0.2) is 48.5 Å². The molecule has 3 heteroatoms. The molecule has 3 nitrogen and oxygen atoms in total. The molecule has 1 heterocycles. The molecule has 1 aliphatic rings. The number of rotatable bonds is 6. The summed E-state index contributed by atoms with van der Waals surface area (Å²) in [5.74, 6) is 0.00347. The smallest absolute Gasteiger partial charge is 0.251 e. The molecule has 0 aromatic heterocycles. The topological polar surface area (TPSA) is 32.3 Å². The third-order valence-electron chi connectivity index (χ3n) is 5.51. The van der Waals surface area contributed by atoms with E-state index < -0.39 is 0 Å². The maximum atomic E-state index is 12.7. The maximum Gasteiger partial charge on any atom is 0.251 e. The van der Waals surface area contributed by atoms with Gasteiger partial charge in [0.25, 0.3) is 5.91 Å². The Hall–Kier alpha value is -2.13. The van der Waals surface area contributed by atoms with Gasteiger partial charge in [-0.05, 0) is 62.5 Å². The van der Waals surface area contributed by atoms with Gasteiger partial charge >= 0.3 is 0 Å². The van der Waals surface area contributed by atoms with Gasteiger partial charge in [-0.2, -0.15) is 0 Å². The van der Waals surface area contributed by atoms with E-state index in [2.05, 4.69) is 60.5 Å². The number of amides is 1. The Morgan fingerprint density at radius 3 is 2.19 bits per heavy atom. The van der Waals surface area contributed by atoms with Crippen molar-refractivity contribution in [3.63, 3.8) is 0 Å². The van der Waals surface area contributed by atoms with Gasteiger partial charge in [-0.1, -0.05) is 61.7 Å². The Bertz CT molecular complexity index is 713. The van der Waals surface area contributed by atoms with Crippen LogP contribution in [0.25, 0.3) is 0 Å². The summed E-state index contributed by atoms with van der Waals surface area (Å²) < 4.78 is 0. The van der Waals surface area contributed by atoms with Crippen molar-refractivity contribution in [2.45, 2.75) is 58.5 Å². The van der Waals surface area contributed by atoms with Gasteiger partial charge in [0.2, 0.25) is 0 Å². The summed E-state index contributed by atoms with van der Waals surface area (Å²) in [5.41, 5.74) is 4.42. The van der Waals surface area contributed by atoms with Gasteiger partial charge in [0.15, 0.2) is 0 Å².